The van der Waals surface area contributed by atoms with Crippen LogP contribution in [-0.4, -0.2) is 38.0 Å². The number of piperidine rings is 1. The number of hydrogen-bond acceptors (Lipinski definition) is 3. The second kappa shape index (κ2) is 5.44. The second-order valence-corrected chi connectivity index (χ2v) is 6.04. The molecule has 0 amide bonds. The van der Waals surface area contributed by atoms with Crippen LogP contribution in [0.4, 0.5) is 0 Å². The summed E-state index contributed by atoms with van der Waals surface area (Å²) in [6, 6.07) is 4.66. The van der Waals surface area contributed by atoms with Crippen molar-refractivity contribution in [3.05, 3.63) is 30.4 Å². The van der Waals surface area contributed by atoms with E-state index in [0.717, 1.165) is 17.8 Å². The second-order valence-electron chi connectivity index (χ2n) is 6.04. The molecular formula is C16H23N3O. The van der Waals surface area contributed by atoms with Gasteiger partial charge < -0.3 is 9.51 Å². The van der Waals surface area contributed by atoms with Gasteiger partial charge in [-0.1, -0.05) is 6.42 Å². The van der Waals surface area contributed by atoms with E-state index in [1.807, 2.05) is 12.4 Å². The standard InChI is InChI=1S/C16H23N3O/c1-12(2)18-7-4-3-5-13(18)10-16-17-11-14-9-15(20)6-8-19(14)16/h6,8-9,11-13,20H,3-5,7,10H2,1-2H3. The Labute approximate surface area is 120 Å². The molecule has 108 valence electrons. The van der Waals surface area contributed by atoms with Crippen LogP contribution in [0.3, 0.4) is 0 Å². The number of nitrogens with zero attached hydrogens (tertiary/aromatic N) is 3. The topological polar surface area (TPSA) is 40.8 Å². The number of aromatic hydroxyl groups is 1. The highest BCUT2D eigenvalue weighted by Crippen LogP contribution is 2.23. The summed E-state index contributed by atoms with van der Waals surface area (Å²) >= 11 is 0. The molecule has 1 N–H and O–H groups in total. The average Bonchev–Trinajstić information content (AvgIpc) is 2.81. The third-order valence-corrected chi connectivity index (χ3v) is 4.35. The molecule has 1 unspecified atom stereocenters. The zero-order chi connectivity index (χ0) is 14.1. The summed E-state index contributed by atoms with van der Waals surface area (Å²) in [5, 5.41) is 9.53. The van der Waals surface area contributed by atoms with E-state index in [2.05, 4.69) is 28.1 Å². The molecular weight excluding hydrogens is 250 g/mol. The van der Waals surface area contributed by atoms with Gasteiger partial charge >= 0.3 is 0 Å². The maximum Gasteiger partial charge on any atom is 0.119 e. The highest BCUT2D eigenvalue weighted by Gasteiger charge is 2.25. The molecule has 4 heteroatoms. The van der Waals surface area contributed by atoms with Gasteiger partial charge in [0.2, 0.25) is 0 Å². The number of rotatable bonds is 3. The van der Waals surface area contributed by atoms with Crippen molar-refractivity contribution in [2.75, 3.05) is 6.54 Å². The summed E-state index contributed by atoms with van der Waals surface area (Å²) < 4.78 is 2.09. The Bertz CT molecular complexity index is 590. The molecule has 1 aliphatic rings. The Hall–Kier alpha value is -1.55. The summed E-state index contributed by atoms with van der Waals surface area (Å²) in [6.07, 6.45) is 8.62. The van der Waals surface area contributed by atoms with Gasteiger partial charge in [0.05, 0.1) is 11.7 Å². The Morgan fingerprint density at radius 3 is 3.05 bits per heavy atom. The quantitative estimate of drug-likeness (QED) is 0.935. The Kier molecular flexibility index (Phi) is 3.66. The molecule has 0 aromatic carbocycles. The third-order valence-electron chi connectivity index (χ3n) is 4.35. The van der Waals surface area contributed by atoms with Crippen molar-refractivity contribution >= 4 is 5.52 Å². The predicted molar refractivity (Wildman–Crippen MR) is 80.0 cm³/mol. The Morgan fingerprint density at radius 1 is 1.40 bits per heavy atom. The Balaban J connectivity index is 1.84. The van der Waals surface area contributed by atoms with Gasteiger partial charge in [-0.25, -0.2) is 4.98 Å². The molecule has 3 rings (SSSR count). The molecule has 0 bridgehead atoms. The molecule has 0 saturated carbocycles. The summed E-state index contributed by atoms with van der Waals surface area (Å²) in [5.41, 5.74) is 0.965. The molecule has 3 heterocycles. The van der Waals surface area contributed by atoms with Crippen LogP contribution in [0, 0.1) is 0 Å². The molecule has 1 atom stereocenters. The fraction of sp³-hybridized carbons (Fsp3) is 0.562. The van der Waals surface area contributed by atoms with Gasteiger partial charge in [0.15, 0.2) is 0 Å². The molecule has 2 aromatic rings. The van der Waals surface area contributed by atoms with Gasteiger partial charge in [-0.2, -0.15) is 0 Å². The van der Waals surface area contributed by atoms with Crippen molar-refractivity contribution in [3.63, 3.8) is 0 Å². The van der Waals surface area contributed by atoms with E-state index < -0.39 is 0 Å². The molecule has 1 saturated heterocycles. The minimum absolute atomic E-state index is 0.297. The third kappa shape index (κ3) is 2.52. The number of imidazole rings is 1. The van der Waals surface area contributed by atoms with Gasteiger partial charge in [-0.05, 0) is 39.3 Å². The lowest BCUT2D eigenvalue weighted by atomic mass is 9.97. The summed E-state index contributed by atoms with van der Waals surface area (Å²) in [7, 11) is 0. The maximum atomic E-state index is 9.53. The first kappa shape index (κ1) is 13.4. The van der Waals surface area contributed by atoms with Crippen LogP contribution in [0.2, 0.25) is 0 Å². The van der Waals surface area contributed by atoms with Gasteiger partial charge in [0.25, 0.3) is 0 Å². The molecule has 1 fully saturated rings. The molecule has 4 nitrogen and oxygen atoms in total. The largest absolute Gasteiger partial charge is 0.508 e. The fourth-order valence-electron chi connectivity index (χ4n) is 3.33. The van der Waals surface area contributed by atoms with Crippen LogP contribution < -0.4 is 0 Å². The monoisotopic (exact) mass is 273 g/mol. The maximum absolute atomic E-state index is 9.53. The first-order valence-corrected chi connectivity index (χ1v) is 7.56. The van der Waals surface area contributed by atoms with Crippen molar-refractivity contribution < 1.29 is 5.11 Å². The number of fused-ring (bicyclic) bond motifs is 1. The number of hydrogen-bond donors (Lipinski definition) is 1. The first-order valence-electron chi connectivity index (χ1n) is 7.56. The average molecular weight is 273 g/mol. The van der Waals surface area contributed by atoms with E-state index in [1.54, 1.807) is 12.1 Å². The lowest BCUT2D eigenvalue weighted by Gasteiger charge is -2.38. The van der Waals surface area contributed by atoms with Crippen molar-refractivity contribution in [2.24, 2.45) is 0 Å². The predicted octanol–water partition coefficient (Wildman–Crippen LogP) is 2.85. The van der Waals surface area contributed by atoms with Crippen LogP contribution in [0.25, 0.3) is 5.52 Å². The fourth-order valence-corrected chi connectivity index (χ4v) is 3.33. The molecule has 2 aromatic heterocycles. The highest BCUT2D eigenvalue weighted by atomic mass is 16.3. The van der Waals surface area contributed by atoms with E-state index >= 15 is 0 Å². The van der Waals surface area contributed by atoms with Gasteiger partial charge in [0, 0.05) is 30.8 Å². The minimum atomic E-state index is 0.297. The van der Waals surface area contributed by atoms with Crippen molar-refractivity contribution in [2.45, 2.75) is 51.6 Å². The highest BCUT2D eigenvalue weighted by molar-refractivity contribution is 5.50. The van der Waals surface area contributed by atoms with E-state index in [-0.39, 0.29) is 0 Å². The van der Waals surface area contributed by atoms with Crippen molar-refractivity contribution in [1.82, 2.24) is 14.3 Å². The van der Waals surface area contributed by atoms with Crippen molar-refractivity contribution in [3.8, 4) is 5.75 Å². The molecule has 0 spiro atoms. The normalized spacial score (nSPS) is 20.9. The van der Waals surface area contributed by atoms with Crippen molar-refractivity contribution in [1.29, 1.82) is 0 Å². The van der Waals surface area contributed by atoms with Crippen LogP contribution in [0.5, 0.6) is 5.75 Å². The summed E-state index contributed by atoms with van der Waals surface area (Å²) in [4.78, 5) is 7.15. The minimum Gasteiger partial charge on any atom is -0.508 e. The van der Waals surface area contributed by atoms with Gasteiger partial charge in [-0.3, -0.25) is 4.90 Å². The molecule has 0 aliphatic carbocycles. The lowest BCUT2D eigenvalue weighted by molar-refractivity contribution is 0.110. The van der Waals surface area contributed by atoms with Crippen LogP contribution in [-0.2, 0) is 6.42 Å². The smallest absolute Gasteiger partial charge is 0.119 e. The first-order chi connectivity index (χ1) is 9.65. The number of pyridine rings is 1. The molecule has 1 aliphatic heterocycles. The van der Waals surface area contributed by atoms with Crippen LogP contribution >= 0.6 is 0 Å². The van der Waals surface area contributed by atoms with Gasteiger partial charge in [0.1, 0.15) is 11.6 Å². The Morgan fingerprint density at radius 2 is 2.25 bits per heavy atom. The zero-order valence-electron chi connectivity index (χ0n) is 12.3. The SMILES string of the molecule is CC(C)N1CCCCC1Cc1ncc2cc(O)ccn12. The zero-order valence-corrected chi connectivity index (χ0v) is 12.3. The van der Waals surface area contributed by atoms with Crippen LogP contribution in [0.15, 0.2) is 24.5 Å². The van der Waals surface area contributed by atoms with Crippen LogP contribution in [0.1, 0.15) is 38.9 Å². The molecule has 20 heavy (non-hydrogen) atoms. The lowest BCUT2D eigenvalue weighted by Crippen LogP contribution is -2.45. The van der Waals surface area contributed by atoms with E-state index in [0.29, 0.717) is 17.8 Å². The van der Waals surface area contributed by atoms with E-state index in [1.165, 1.54) is 25.8 Å². The summed E-state index contributed by atoms with van der Waals surface area (Å²) in [6.45, 7) is 5.76. The van der Waals surface area contributed by atoms with Gasteiger partial charge in [-0.15, -0.1) is 0 Å². The molecule has 0 radical (unpaired) electrons. The summed E-state index contributed by atoms with van der Waals surface area (Å²) in [5.74, 6) is 1.39. The number of aromatic nitrogens is 2. The van der Waals surface area contributed by atoms with E-state index in [4.69, 9.17) is 0 Å². The van der Waals surface area contributed by atoms with E-state index in [9.17, 15) is 5.11 Å². The number of likely N-dealkylation sites (tertiary alicyclic amines) is 1.